The van der Waals surface area contributed by atoms with Crippen LogP contribution in [0.25, 0.3) is 0 Å². The summed E-state index contributed by atoms with van der Waals surface area (Å²) in [7, 11) is 0. The van der Waals surface area contributed by atoms with Gasteiger partial charge in [-0.25, -0.2) is 0 Å². The highest BCUT2D eigenvalue weighted by molar-refractivity contribution is 7.12. The van der Waals surface area contributed by atoms with Crippen LogP contribution in [0.2, 0.25) is 0 Å². The Labute approximate surface area is 119 Å². The van der Waals surface area contributed by atoms with Crippen LogP contribution in [0.3, 0.4) is 0 Å². The largest absolute Gasteiger partial charge is 0.395 e. The Bertz CT molecular complexity index is 497. The van der Waals surface area contributed by atoms with E-state index in [4.69, 9.17) is 0 Å². The van der Waals surface area contributed by atoms with Crippen molar-refractivity contribution in [3.63, 3.8) is 0 Å². The summed E-state index contributed by atoms with van der Waals surface area (Å²) >= 11 is 1.87. The van der Waals surface area contributed by atoms with Gasteiger partial charge in [0.25, 0.3) is 0 Å². The Morgan fingerprint density at radius 2 is 1.68 bits per heavy atom. The van der Waals surface area contributed by atoms with Gasteiger partial charge >= 0.3 is 0 Å². The van der Waals surface area contributed by atoms with Crippen molar-refractivity contribution in [2.75, 3.05) is 6.61 Å². The summed E-state index contributed by atoms with van der Waals surface area (Å²) < 4.78 is 0. The third-order valence-electron chi connectivity index (χ3n) is 3.94. The zero-order valence-corrected chi connectivity index (χ0v) is 12.5. The molecule has 1 nitrogen and oxygen atoms in total. The number of thiophene rings is 1. The Morgan fingerprint density at radius 1 is 1.00 bits per heavy atom. The van der Waals surface area contributed by atoms with E-state index >= 15 is 0 Å². The lowest BCUT2D eigenvalue weighted by Gasteiger charge is -2.31. The summed E-state index contributed by atoms with van der Waals surface area (Å²) in [5.74, 6) is 0. The minimum absolute atomic E-state index is 0.142. The van der Waals surface area contributed by atoms with Gasteiger partial charge in [0, 0.05) is 15.2 Å². The molecule has 2 heteroatoms. The molecule has 1 aromatic heterocycles. The lowest BCUT2D eigenvalue weighted by molar-refractivity contribution is 0.187. The number of aryl methyl sites for hydroxylation is 1. The van der Waals surface area contributed by atoms with Crippen LogP contribution >= 0.6 is 11.3 Å². The van der Waals surface area contributed by atoms with Gasteiger partial charge < -0.3 is 5.11 Å². The number of hydrogen-bond acceptors (Lipinski definition) is 2. The Kier molecular flexibility index (Phi) is 4.78. The minimum Gasteiger partial charge on any atom is -0.395 e. The van der Waals surface area contributed by atoms with Crippen LogP contribution in [0.15, 0.2) is 42.5 Å². The molecule has 0 aliphatic heterocycles. The summed E-state index contributed by atoms with van der Waals surface area (Å²) in [6.07, 6.45) is 2.97. The van der Waals surface area contributed by atoms with Gasteiger partial charge in [0.2, 0.25) is 0 Å². The average Bonchev–Trinajstić information content (AvgIpc) is 2.93. The molecule has 0 saturated carbocycles. The molecule has 0 aliphatic rings. The van der Waals surface area contributed by atoms with Gasteiger partial charge in [0.15, 0.2) is 0 Å². The van der Waals surface area contributed by atoms with Crippen molar-refractivity contribution < 1.29 is 5.11 Å². The highest BCUT2D eigenvalue weighted by Gasteiger charge is 2.30. The summed E-state index contributed by atoms with van der Waals surface area (Å²) in [5, 5.41) is 9.96. The molecule has 1 N–H and O–H groups in total. The van der Waals surface area contributed by atoms with Crippen LogP contribution in [-0.4, -0.2) is 11.7 Å². The summed E-state index contributed by atoms with van der Waals surface area (Å²) in [4.78, 5) is 2.79. The topological polar surface area (TPSA) is 20.2 Å². The fourth-order valence-corrected chi connectivity index (χ4v) is 3.62. The monoisotopic (exact) mass is 274 g/mol. The molecule has 19 heavy (non-hydrogen) atoms. The Hall–Kier alpha value is -1.12. The van der Waals surface area contributed by atoms with Crippen LogP contribution < -0.4 is 0 Å². The van der Waals surface area contributed by atoms with E-state index in [1.165, 1.54) is 15.3 Å². The fraction of sp³-hybridized carbons (Fsp3) is 0.412. The lowest BCUT2D eigenvalue weighted by atomic mass is 9.76. The van der Waals surface area contributed by atoms with Crippen molar-refractivity contribution in [1.82, 2.24) is 0 Å². The van der Waals surface area contributed by atoms with Crippen LogP contribution in [0.1, 0.15) is 35.6 Å². The van der Waals surface area contributed by atoms with E-state index in [1.54, 1.807) is 0 Å². The van der Waals surface area contributed by atoms with E-state index in [0.717, 1.165) is 19.3 Å². The van der Waals surface area contributed by atoms with E-state index in [2.05, 4.69) is 50.2 Å². The maximum Gasteiger partial charge on any atom is 0.0531 e. The van der Waals surface area contributed by atoms with Crippen LogP contribution in [0.5, 0.6) is 0 Å². The summed E-state index contributed by atoms with van der Waals surface area (Å²) in [6.45, 7) is 4.55. The van der Waals surface area contributed by atoms with Gasteiger partial charge in [-0.2, -0.15) is 0 Å². The van der Waals surface area contributed by atoms with Gasteiger partial charge in [-0.1, -0.05) is 44.2 Å². The quantitative estimate of drug-likeness (QED) is 0.837. The summed E-state index contributed by atoms with van der Waals surface area (Å²) in [5.41, 5.74) is 1.10. The first kappa shape index (κ1) is 14.3. The highest BCUT2D eigenvalue weighted by atomic mass is 32.1. The van der Waals surface area contributed by atoms with Crippen molar-refractivity contribution in [3.8, 4) is 0 Å². The number of benzene rings is 1. The zero-order chi connectivity index (χ0) is 13.7. The second-order valence-corrected chi connectivity index (χ2v) is 6.31. The second kappa shape index (κ2) is 6.36. The van der Waals surface area contributed by atoms with Crippen molar-refractivity contribution in [2.45, 2.75) is 38.5 Å². The van der Waals surface area contributed by atoms with Crippen LogP contribution in [-0.2, 0) is 18.3 Å². The van der Waals surface area contributed by atoms with Gasteiger partial charge in [-0.3, -0.25) is 0 Å². The molecule has 0 aliphatic carbocycles. The third-order valence-corrected chi connectivity index (χ3v) is 5.17. The van der Waals surface area contributed by atoms with Crippen molar-refractivity contribution >= 4 is 11.3 Å². The van der Waals surface area contributed by atoms with Crippen molar-refractivity contribution in [3.05, 3.63) is 57.8 Å². The van der Waals surface area contributed by atoms with Gasteiger partial charge in [0.05, 0.1) is 6.61 Å². The molecule has 0 amide bonds. The molecule has 0 radical (unpaired) electrons. The predicted octanol–water partition coefficient (Wildman–Crippen LogP) is 4.19. The number of aliphatic hydroxyl groups excluding tert-OH is 1. The third kappa shape index (κ3) is 3.07. The maximum absolute atomic E-state index is 9.96. The molecule has 1 heterocycles. The van der Waals surface area contributed by atoms with E-state index in [9.17, 15) is 5.11 Å². The smallest absolute Gasteiger partial charge is 0.0531 e. The zero-order valence-electron chi connectivity index (χ0n) is 11.7. The Balaban J connectivity index is 2.29. The fourth-order valence-electron chi connectivity index (χ4n) is 2.52. The lowest BCUT2D eigenvalue weighted by Crippen LogP contribution is -2.32. The highest BCUT2D eigenvalue weighted by Crippen LogP contribution is 2.33. The first-order valence-corrected chi connectivity index (χ1v) is 7.79. The number of rotatable bonds is 6. The van der Waals surface area contributed by atoms with E-state index in [1.807, 2.05) is 17.4 Å². The SMILES string of the molecule is CCc1ccc(CC(CC)(CO)c2ccccc2)s1. The first-order valence-electron chi connectivity index (χ1n) is 6.98. The standard InChI is InChI=1S/C17H22OS/c1-3-15-10-11-16(19-15)12-17(4-2,13-18)14-8-6-5-7-9-14/h5-11,18H,3-4,12-13H2,1-2H3. The maximum atomic E-state index is 9.96. The first-order chi connectivity index (χ1) is 9.24. The molecule has 0 saturated heterocycles. The van der Waals surface area contributed by atoms with E-state index in [0.29, 0.717) is 0 Å². The van der Waals surface area contributed by atoms with Gasteiger partial charge in [0.1, 0.15) is 0 Å². The second-order valence-electron chi connectivity index (χ2n) is 5.06. The molecule has 1 aromatic carbocycles. The van der Waals surface area contributed by atoms with Gasteiger partial charge in [-0.15, -0.1) is 11.3 Å². The van der Waals surface area contributed by atoms with E-state index in [-0.39, 0.29) is 12.0 Å². The Morgan fingerprint density at radius 3 is 2.21 bits per heavy atom. The average molecular weight is 274 g/mol. The minimum atomic E-state index is -0.142. The van der Waals surface area contributed by atoms with Crippen molar-refractivity contribution in [2.24, 2.45) is 0 Å². The molecule has 0 bridgehead atoms. The molecule has 2 rings (SSSR count). The molecule has 1 unspecified atom stereocenters. The molecule has 0 spiro atoms. The molecular weight excluding hydrogens is 252 g/mol. The van der Waals surface area contributed by atoms with Crippen LogP contribution in [0.4, 0.5) is 0 Å². The predicted molar refractivity (Wildman–Crippen MR) is 82.9 cm³/mol. The van der Waals surface area contributed by atoms with Crippen LogP contribution in [0, 0.1) is 0 Å². The molecule has 102 valence electrons. The number of hydrogen-bond donors (Lipinski definition) is 1. The van der Waals surface area contributed by atoms with E-state index < -0.39 is 0 Å². The molecule has 1 atom stereocenters. The van der Waals surface area contributed by atoms with Gasteiger partial charge in [-0.05, 0) is 37.0 Å². The summed E-state index contributed by atoms with van der Waals surface area (Å²) in [6, 6.07) is 14.8. The molecular formula is C17H22OS. The number of aliphatic hydroxyl groups is 1. The molecule has 2 aromatic rings. The molecule has 0 fully saturated rings. The normalized spacial score (nSPS) is 14.3. The van der Waals surface area contributed by atoms with Crippen molar-refractivity contribution in [1.29, 1.82) is 0 Å².